The fraction of sp³-hybridized carbons (Fsp3) is 1.00. The van der Waals surface area contributed by atoms with Gasteiger partial charge in [0.25, 0.3) is 0 Å². The standard InChI is InChI=1S/C9H18N2/c10-9-2-1-7-3-4-11-6-8(7)5-9/h7-9,11H,1-6,10H2. The highest BCUT2D eigenvalue weighted by Gasteiger charge is 2.30. The highest BCUT2D eigenvalue weighted by atomic mass is 14.9. The van der Waals surface area contributed by atoms with Crippen LogP contribution in [-0.4, -0.2) is 19.1 Å². The lowest BCUT2D eigenvalue weighted by Gasteiger charge is -2.38. The van der Waals surface area contributed by atoms with Gasteiger partial charge in [0.05, 0.1) is 0 Å². The van der Waals surface area contributed by atoms with Gasteiger partial charge < -0.3 is 11.1 Å². The van der Waals surface area contributed by atoms with E-state index in [4.69, 9.17) is 5.73 Å². The predicted octanol–water partition coefficient (Wildman–Crippen LogP) is 0.723. The van der Waals surface area contributed by atoms with Gasteiger partial charge in [0.1, 0.15) is 0 Å². The van der Waals surface area contributed by atoms with Gasteiger partial charge in [-0.1, -0.05) is 0 Å². The first-order valence-corrected chi connectivity index (χ1v) is 4.82. The summed E-state index contributed by atoms with van der Waals surface area (Å²) in [7, 11) is 0. The summed E-state index contributed by atoms with van der Waals surface area (Å²) in [4.78, 5) is 0. The summed E-state index contributed by atoms with van der Waals surface area (Å²) in [6, 6.07) is 0.496. The van der Waals surface area contributed by atoms with Gasteiger partial charge in [-0.3, -0.25) is 0 Å². The molecule has 2 rings (SSSR count). The number of fused-ring (bicyclic) bond motifs is 1. The van der Waals surface area contributed by atoms with Gasteiger partial charge in [-0.05, 0) is 50.6 Å². The number of nitrogens with two attached hydrogens (primary N) is 1. The van der Waals surface area contributed by atoms with Crippen LogP contribution in [0.5, 0.6) is 0 Å². The summed E-state index contributed by atoms with van der Waals surface area (Å²) in [5.41, 5.74) is 5.91. The third kappa shape index (κ3) is 1.57. The molecule has 64 valence electrons. The van der Waals surface area contributed by atoms with E-state index in [1.54, 1.807) is 0 Å². The Morgan fingerprint density at radius 1 is 1.09 bits per heavy atom. The van der Waals surface area contributed by atoms with Gasteiger partial charge in [-0.25, -0.2) is 0 Å². The number of piperidine rings is 1. The Morgan fingerprint density at radius 3 is 2.91 bits per heavy atom. The Kier molecular flexibility index (Phi) is 2.14. The zero-order valence-electron chi connectivity index (χ0n) is 7.05. The summed E-state index contributed by atoms with van der Waals surface area (Å²) in [6.07, 6.45) is 5.30. The van der Waals surface area contributed by atoms with E-state index < -0.39 is 0 Å². The molecule has 0 amide bonds. The maximum absolute atomic E-state index is 5.91. The lowest BCUT2D eigenvalue weighted by atomic mass is 9.74. The zero-order valence-corrected chi connectivity index (χ0v) is 7.05. The highest BCUT2D eigenvalue weighted by molar-refractivity contribution is 4.86. The first-order valence-electron chi connectivity index (χ1n) is 4.82. The molecule has 2 nitrogen and oxygen atoms in total. The third-order valence-electron chi connectivity index (χ3n) is 3.28. The third-order valence-corrected chi connectivity index (χ3v) is 3.28. The average Bonchev–Trinajstić information content (AvgIpc) is 2.04. The van der Waals surface area contributed by atoms with Crippen molar-refractivity contribution in [3.63, 3.8) is 0 Å². The number of rotatable bonds is 0. The van der Waals surface area contributed by atoms with Gasteiger partial charge >= 0.3 is 0 Å². The van der Waals surface area contributed by atoms with Crippen molar-refractivity contribution in [1.29, 1.82) is 0 Å². The first-order chi connectivity index (χ1) is 5.36. The largest absolute Gasteiger partial charge is 0.328 e. The predicted molar refractivity (Wildman–Crippen MR) is 46.3 cm³/mol. The maximum atomic E-state index is 5.91. The van der Waals surface area contributed by atoms with Gasteiger partial charge in [0.2, 0.25) is 0 Å². The van der Waals surface area contributed by atoms with Crippen molar-refractivity contribution in [3.05, 3.63) is 0 Å². The molecule has 2 heteroatoms. The molecule has 1 saturated carbocycles. The first kappa shape index (κ1) is 7.56. The summed E-state index contributed by atoms with van der Waals surface area (Å²) in [5.74, 6) is 1.89. The average molecular weight is 154 g/mol. The molecule has 0 spiro atoms. The summed E-state index contributed by atoms with van der Waals surface area (Å²) >= 11 is 0. The maximum Gasteiger partial charge on any atom is 0.00421 e. The van der Waals surface area contributed by atoms with Crippen LogP contribution in [0.2, 0.25) is 0 Å². The second kappa shape index (κ2) is 3.11. The smallest absolute Gasteiger partial charge is 0.00421 e. The number of hydrogen-bond acceptors (Lipinski definition) is 2. The zero-order chi connectivity index (χ0) is 7.68. The van der Waals surface area contributed by atoms with Crippen molar-refractivity contribution in [2.75, 3.05) is 13.1 Å². The van der Waals surface area contributed by atoms with Crippen LogP contribution in [0.1, 0.15) is 25.7 Å². The molecule has 0 aromatic rings. The molecule has 0 radical (unpaired) electrons. The Labute approximate surface area is 68.5 Å². The van der Waals surface area contributed by atoms with Gasteiger partial charge in [-0.2, -0.15) is 0 Å². The van der Waals surface area contributed by atoms with Crippen LogP contribution in [0.15, 0.2) is 0 Å². The number of hydrogen-bond donors (Lipinski definition) is 2. The molecule has 3 atom stereocenters. The monoisotopic (exact) mass is 154 g/mol. The van der Waals surface area contributed by atoms with E-state index in [0.717, 1.165) is 11.8 Å². The second-order valence-electron chi connectivity index (χ2n) is 4.09. The van der Waals surface area contributed by atoms with Crippen LogP contribution < -0.4 is 11.1 Å². The number of nitrogens with one attached hydrogen (secondary N) is 1. The summed E-state index contributed by atoms with van der Waals surface area (Å²) in [6.45, 7) is 2.45. The van der Waals surface area contributed by atoms with Crippen LogP contribution in [0, 0.1) is 11.8 Å². The Bertz CT molecular complexity index is 136. The lowest BCUT2D eigenvalue weighted by molar-refractivity contribution is 0.170. The Balaban J connectivity index is 1.93. The molecule has 11 heavy (non-hydrogen) atoms. The summed E-state index contributed by atoms with van der Waals surface area (Å²) < 4.78 is 0. The topological polar surface area (TPSA) is 38.0 Å². The quantitative estimate of drug-likeness (QED) is 0.539. The molecule has 3 unspecified atom stereocenters. The minimum Gasteiger partial charge on any atom is -0.328 e. The molecule has 0 aromatic heterocycles. The van der Waals surface area contributed by atoms with Gasteiger partial charge in [0, 0.05) is 6.04 Å². The van der Waals surface area contributed by atoms with E-state index in [9.17, 15) is 0 Å². The van der Waals surface area contributed by atoms with Crippen LogP contribution in [-0.2, 0) is 0 Å². The summed E-state index contributed by atoms with van der Waals surface area (Å²) in [5, 5.41) is 3.45. The van der Waals surface area contributed by atoms with Gasteiger partial charge in [-0.15, -0.1) is 0 Å². The minimum atomic E-state index is 0.496. The lowest BCUT2D eigenvalue weighted by Crippen LogP contribution is -2.43. The molecule has 1 aliphatic carbocycles. The fourth-order valence-electron chi connectivity index (χ4n) is 2.57. The Morgan fingerprint density at radius 2 is 2.00 bits per heavy atom. The van der Waals surface area contributed by atoms with Crippen LogP contribution in [0.25, 0.3) is 0 Å². The van der Waals surface area contributed by atoms with Crippen molar-refractivity contribution in [1.82, 2.24) is 5.32 Å². The van der Waals surface area contributed by atoms with Crippen LogP contribution >= 0.6 is 0 Å². The molecule has 2 fully saturated rings. The van der Waals surface area contributed by atoms with Crippen molar-refractivity contribution in [2.24, 2.45) is 17.6 Å². The molecule has 0 aromatic carbocycles. The van der Waals surface area contributed by atoms with Crippen molar-refractivity contribution < 1.29 is 0 Å². The van der Waals surface area contributed by atoms with Gasteiger partial charge in [0.15, 0.2) is 0 Å². The SMILES string of the molecule is NC1CCC2CCNCC2C1. The van der Waals surface area contributed by atoms with E-state index in [1.807, 2.05) is 0 Å². The van der Waals surface area contributed by atoms with E-state index in [-0.39, 0.29) is 0 Å². The van der Waals surface area contributed by atoms with Crippen molar-refractivity contribution in [3.8, 4) is 0 Å². The van der Waals surface area contributed by atoms with Crippen LogP contribution in [0.4, 0.5) is 0 Å². The normalized spacial score (nSPS) is 45.0. The molecule has 3 N–H and O–H groups in total. The fourth-order valence-corrected chi connectivity index (χ4v) is 2.57. The highest BCUT2D eigenvalue weighted by Crippen LogP contribution is 2.32. The molecule has 0 bridgehead atoms. The molecule has 1 heterocycles. The molecule has 2 aliphatic rings. The molecular formula is C9H18N2. The molecule has 1 saturated heterocycles. The van der Waals surface area contributed by atoms with Crippen molar-refractivity contribution >= 4 is 0 Å². The van der Waals surface area contributed by atoms with E-state index in [2.05, 4.69) is 5.32 Å². The molecular weight excluding hydrogens is 136 g/mol. The minimum absolute atomic E-state index is 0.496. The Hall–Kier alpha value is -0.0800. The van der Waals surface area contributed by atoms with Crippen molar-refractivity contribution in [2.45, 2.75) is 31.7 Å². The van der Waals surface area contributed by atoms with Crippen LogP contribution in [0.3, 0.4) is 0 Å². The second-order valence-corrected chi connectivity index (χ2v) is 4.09. The van der Waals surface area contributed by atoms with E-state index in [0.29, 0.717) is 6.04 Å². The molecule has 1 aliphatic heterocycles. The van der Waals surface area contributed by atoms with E-state index in [1.165, 1.54) is 38.8 Å². The van der Waals surface area contributed by atoms with E-state index >= 15 is 0 Å².